The first-order valence-electron chi connectivity index (χ1n) is 8.39. The highest BCUT2D eigenvalue weighted by Crippen LogP contribution is 2.28. The predicted octanol–water partition coefficient (Wildman–Crippen LogP) is 3.25. The number of carbonyl (C=O) groups is 1. The number of thiazole rings is 1. The summed E-state index contributed by atoms with van der Waals surface area (Å²) in [5.41, 5.74) is 2.12. The van der Waals surface area contributed by atoms with Crippen molar-refractivity contribution in [2.45, 2.75) is 19.8 Å². The van der Waals surface area contributed by atoms with Crippen LogP contribution in [0, 0.1) is 12.8 Å². The number of benzene rings is 1. The van der Waals surface area contributed by atoms with Crippen LogP contribution in [-0.2, 0) is 4.79 Å². The van der Waals surface area contributed by atoms with E-state index >= 15 is 0 Å². The van der Waals surface area contributed by atoms with Crippen LogP contribution in [0.5, 0.6) is 0 Å². The van der Waals surface area contributed by atoms with E-state index in [1.807, 2.05) is 12.1 Å². The Labute approximate surface area is 149 Å². The third kappa shape index (κ3) is 3.46. The third-order valence-corrected chi connectivity index (χ3v) is 5.33. The number of fused-ring (bicyclic) bond motifs is 1. The van der Waals surface area contributed by atoms with Gasteiger partial charge in [-0.25, -0.2) is 15.0 Å². The summed E-state index contributed by atoms with van der Waals surface area (Å²) in [7, 11) is 0. The molecular formula is C18H19N5OS. The number of nitrogens with one attached hydrogen (secondary N) is 1. The van der Waals surface area contributed by atoms with Gasteiger partial charge in [-0.1, -0.05) is 17.4 Å². The SMILES string of the molecule is Cc1ccc2nc(NC(=O)C3CCCN(c4ncccn4)C3)sc2c1. The number of nitrogens with zero attached hydrogens (tertiary/aromatic N) is 4. The number of hydrogen-bond donors (Lipinski definition) is 1. The summed E-state index contributed by atoms with van der Waals surface area (Å²) in [6, 6.07) is 7.92. The molecule has 25 heavy (non-hydrogen) atoms. The molecule has 0 bridgehead atoms. The molecule has 1 aliphatic heterocycles. The third-order valence-electron chi connectivity index (χ3n) is 4.40. The van der Waals surface area contributed by atoms with Crippen molar-refractivity contribution in [2.75, 3.05) is 23.3 Å². The normalized spacial score (nSPS) is 17.6. The van der Waals surface area contributed by atoms with Crippen molar-refractivity contribution in [1.29, 1.82) is 0 Å². The quantitative estimate of drug-likeness (QED) is 0.783. The van der Waals surface area contributed by atoms with Crippen molar-refractivity contribution in [3.63, 3.8) is 0 Å². The van der Waals surface area contributed by atoms with Gasteiger partial charge in [0.2, 0.25) is 11.9 Å². The van der Waals surface area contributed by atoms with E-state index in [2.05, 4.69) is 38.2 Å². The molecule has 7 heteroatoms. The molecule has 4 rings (SSSR count). The second-order valence-corrected chi connectivity index (χ2v) is 7.34. The van der Waals surface area contributed by atoms with Crippen LogP contribution in [0.25, 0.3) is 10.2 Å². The first-order chi connectivity index (χ1) is 12.2. The molecule has 6 nitrogen and oxygen atoms in total. The molecule has 1 aliphatic rings. The van der Waals surface area contributed by atoms with E-state index in [9.17, 15) is 4.79 Å². The minimum atomic E-state index is -0.0775. The zero-order valence-electron chi connectivity index (χ0n) is 14.0. The Morgan fingerprint density at radius 3 is 3.00 bits per heavy atom. The molecule has 3 heterocycles. The molecule has 1 fully saturated rings. The first kappa shape index (κ1) is 16.0. The number of amides is 1. The summed E-state index contributed by atoms with van der Waals surface area (Å²) in [6.45, 7) is 3.58. The zero-order chi connectivity index (χ0) is 17.2. The topological polar surface area (TPSA) is 71.0 Å². The number of aromatic nitrogens is 3. The van der Waals surface area contributed by atoms with Crippen molar-refractivity contribution in [3.05, 3.63) is 42.2 Å². The van der Waals surface area contributed by atoms with E-state index < -0.39 is 0 Å². The van der Waals surface area contributed by atoms with Gasteiger partial charge in [-0.05, 0) is 43.5 Å². The van der Waals surface area contributed by atoms with Crippen LogP contribution in [-0.4, -0.2) is 33.9 Å². The fraction of sp³-hybridized carbons (Fsp3) is 0.333. The van der Waals surface area contributed by atoms with E-state index in [1.54, 1.807) is 18.5 Å². The van der Waals surface area contributed by atoms with Gasteiger partial charge >= 0.3 is 0 Å². The molecule has 128 valence electrons. The van der Waals surface area contributed by atoms with Crippen molar-refractivity contribution < 1.29 is 4.79 Å². The van der Waals surface area contributed by atoms with Gasteiger partial charge in [0.05, 0.1) is 16.1 Å². The van der Waals surface area contributed by atoms with Gasteiger partial charge in [-0.3, -0.25) is 4.79 Å². The van der Waals surface area contributed by atoms with Gasteiger partial charge in [0.1, 0.15) is 0 Å². The van der Waals surface area contributed by atoms with Crippen LogP contribution >= 0.6 is 11.3 Å². The molecule has 2 aromatic heterocycles. The molecule has 0 spiro atoms. The highest BCUT2D eigenvalue weighted by molar-refractivity contribution is 7.22. The number of rotatable bonds is 3. The van der Waals surface area contributed by atoms with Crippen LogP contribution in [0.2, 0.25) is 0 Å². The van der Waals surface area contributed by atoms with Gasteiger partial charge in [0, 0.05) is 25.5 Å². The van der Waals surface area contributed by atoms with E-state index in [-0.39, 0.29) is 11.8 Å². The Balaban J connectivity index is 1.46. The van der Waals surface area contributed by atoms with Gasteiger partial charge in [-0.15, -0.1) is 0 Å². The number of aryl methyl sites for hydroxylation is 1. The molecule has 3 aromatic rings. The second-order valence-electron chi connectivity index (χ2n) is 6.31. The van der Waals surface area contributed by atoms with Crippen molar-refractivity contribution in [1.82, 2.24) is 15.0 Å². The Bertz CT molecular complexity index is 895. The number of hydrogen-bond acceptors (Lipinski definition) is 6. The lowest BCUT2D eigenvalue weighted by Gasteiger charge is -2.31. The Morgan fingerprint density at radius 2 is 2.16 bits per heavy atom. The Morgan fingerprint density at radius 1 is 1.32 bits per heavy atom. The van der Waals surface area contributed by atoms with Gasteiger partial charge in [0.15, 0.2) is 5.13 Å². The largest absolute Gasteiger partial charge is 0.340 e. The molecular weight excluding hydrogens is 334 g/mol. The number of piperidine rings is 1. The van der Waals surface area contributed by atoms with Crippen LogP contribution in [0.3, 0.4) is 0 Å². The summed E-state index contributed by atoms with van der Waals surface area (Å²) in [6.07, 6.45) is 5.29. The molecule has 1 atom stereocenters. The summed E-state index contributed by atoms with van der Waals surface area (Å²) < 4.78 is 1.10. The smallest absolute Gasteiger partial charge is 0.231 e. The maximum atomic E-state index is 12.7. The molecule has 1 unspecified atom stereocenters. The molecule has 1 aromatic carbocycles. The van der Waals surface area contributed by atoms with Crippen LogP contribution in [0.4, 0.5) is 11.1 Å². The molecule has 1 saturated heterocycles. The minimum absolute atomic E-state index is 0.0245. The van der Waals surface area contributed by atoms with Crippen LogP contribution < -0.4 is 10.2 Å². The van der Waals surface area contributed by atoms with Gasteiger partial charge in [0.25, 0.3) is 0 Å². The predicted molar refractivity (Wildman–Crippen MR) is 100.0 cm³/mol. The standard InChI is InChI=1S/C18H19N5OS/c1-12-5-6-14-15(10-12)25-18(21-14)22-16(24)13-4-2-9-23(11-13)17-19-7-3-8-20-17/h3,5-8,10,13H,2,4,9,11H2,1H3,(H,21,22,24). The summed E-state index contributed by atoms with van der Waals surface area (Å²) in [5.74, 6) is 0.637. The summed E-state index contributed by atoms with van der Waals surface area (Å²) in [4.78, 5) is 27.8. The second kappa shape index (κ2) is 6.76. The lowest BCUT2D eigenvalue weighted by atomic mass is 9.97. The first-order valence-corrected chi connectivity index (χ1v) is 9.21. The number of anilines is 2. The zero-order valence-corrected chi connectivity index (χ0v) is 14.8. The highest BCUT2D eigenvalue weighted by Gasteiger charge is 2.27. The maximum absolute atomic E-state index is 12.7. The molecule has 0 aliphatic carbocycles. The van der Waals surface area contributed by atoms with E-state index in [0.29, 0.717) is 17.6 Å². The fourth-order valence-corrected chi connectivity index (χ4v) is 4.09. The molecule has 0 saturated carbocycles. The molecule has 0 radical (unpaired) electrons. The highest BCUT2D eigenvalue weighted by atomic mass is 32.1. The lowest BCUT2D eigenvalue weighted by molar-refractivity contribution is -0.120. The van der Waals surface area contributed by atoms with Crippen molar-refractivity contribution >= 4 is 38.5 Å². The van der Waals surface area contributed by atoms with Crippen LogP contribution in [0.15, 0.2) is 36.7 Å². The average Bonchev–Trinajstić information content (AvgIpc) is 3.04. The Hall–Kier alpha value is -2.54. The van der Waals surface area contributed by atoms with Crippen molar-refractivity contribution in [3.8, 4) is 0 Å². The van der Waals surface area contributed by atoms with E-state index in [4.69, 9.17) is 0 Å². The average molecular weight is 353 g/mol. The van der Waals surface area contributed by atoms with Crippen molar-refractivity contribution in [2.24, 2.45) is 5.92 Å². The summed E-state index contributed by atoms with van der Waals surface area (Å²) >= 11 is 1.52. The van der Waals surface area contributed by atoms with Gasteiger partial charge in [-0.2, -0.15) is 0 Å². The fourth-order valence-electron chi connectivity index (χ4n) is 3.12. The Kier molecular flexibility index (Phi) is 4.31. The van der Waals surface area contributed by atoms with E-state index in [1.165, 1.54) is 16.9 Å². The molecule has 1 amide bonds. The monoisotopic (exact) mass is 353 g/mol. The lowest BCUT2D eigenvalue weighted by Crippen LogP contribution is -2.41. The summed E-state index contributed by atoms with van der Waals surface area (Å²) in [5, 5.41) is 3.66. The van der Waals surface area contributed by atoms with E-state index in [0.717, 1.165) is 29.6 Å². The number of carbonyl (C=O) groups excluding carboxylic acids is 1. The minimum Gasteiger partial charge on any atom is -0.340 e. The van der Waals surface area contributed by atoms with Crippen LogP contribution in [0.1, 0.15) is 18.4 Å². The molecule has 1 N–H and O–H groups in total. The van der Waals surface area contributed by atoms with Gasteiger partial charge < -0.3 is 10.2 Å². The maximum Gasteiger partial charge on any atom is 0.231 e.